The Morgan fingerprint density at radius 3 is 2.50 bits per heavy atom. The molecule has 4 nitrogen and oxygen atoms in total. The number of hydrogen-bond donors (Lipinski definition) is 1. The highest BCUT2D eigenvalue weighted by Crippen LogP contribution is 2.38. The van der Waals surface area contributed by atoms with Crippen molar-refractivity contribution in [1.82, 2.24) is 4.57 Å². The molecule has 0 aliphatic heterocycles. The van der Waals surface area contributed by atoms with E-state index in [-0.39, 0.29) is 11.1 Å². The lowest BCUT2D eigenvalue weighted by Gasteiger charge is -2.30. The summed E-state index contributed by atoms with van der Waals surface area (Å²) in [6.45, 7) is 2.51. The van der Waals surface area contributed by atoms with Crippen LogP contribution in [0.5, 0.6) is 0 Å². The first-order valence-electron chi connectivity index (χ1n) is 5.41. The molecule has 2 aromatic rings. The predicted octanol–water partition coefficient (Wildman–Crippen LogP) is 1.96. The number of halogens is 2. The van der Waals surface area contributed by atoms with Gasteiger partial charge in [0.15, 0.2) is 5.58 Å². The second-order valence-electron chi connectivity index (χ2n) is 4.91. The van der Waals surface area contributed by atoms with E-state index in [1.165, 1.54) is 43.7 Å². The Balaban J connectivity index is 2.67. The molecule has 98 valence electrons. The smallest absolute Gasteiger partial charge is 0.408 e. The van der Waals surface area contributed by atoms with Gasteiger partial charge in [-0.15, -0.1) is 0 Å². The van der Waals surface area contributed by atoms with Gasteiger partial charge in [-0.1, -0.05) is 0 Å². The Bertz CT molecular complexity index is 650. The molecule has 0 radical (unpaired) electrons. The topological polar surface area (TPSA) is 61.2 Å². The molecular formula is C12H14F2N2O2. The molecule has 0 aliphatic rings. The fraction of sp³-hybridized carbons (Fsp3) is 0.417. The molecule has 0 saturated heterocycles. The van der Waals surface area contributed by atoms with Gasteiger partial charge < -0.3 is 10.2 Å². The molecule has 0 saturated carbocycles. The van der Waals surface area contributed by atoms with Gasteiger partial charge in [0.05, 0.1) is 11.1 Å². The standard InChI is InChI=1S/C12H14F2N2O2/c1-11(2,15)12(13,14)7-4-5-9-8(6-7)16(3)10(17)18-9/h4-6H,15H2,1-3H3. The van der Waals surface area contributed by atoms with Crippen LogP contribution < -0.4 is 11.5 Å². The number of alkyl halides is 2. The van der Waals surface area contributed by atoms with Crippen LogP contribution in [0, 0.1) is 0 Å². The molecular weight excluding hydrogens is 242 g/mol. The average molecular weight is 256 g/mol. The molecule has 2 rings (SSSR count). The van der Waals surface area contributed by atoms with Crippen molar-refractivity contribution in [2.75, 3.05) is 0 Å². The zero-order chi connectivity index (χ0) is 13.7. The Labute approximate surface area is 102 Å². The maximum absolute atomic E-state index is 14.1. The summed E-state index contributed by atoms with van der Waals surface area (Å²) in [4.78, 5) is 11.3. The van der Waals surface area contributed by atoms with Crippen LogP contribution in [0.3, 0.4) is 0 Å². The van der Waals surface area contributed by atoms with Crippen LogP contribution in [0.25, 0.3) is 11.1 Å². The van der Waals surface area contributed by atoms with Gasteiger partial charge in [0, 0.05) is 12.6 Å². The van der Waals surface area contributed by atoms with Crippen molar-refractivity contribution in [3.05, 3.63) is 34.3 Å². The fourth-order valence-electron chi connectivity index (χ4n) is 1.69. The minimum atomic E-state index is -3.20. The normalized spacial score (nSPS) is 13.2. The highest BCUT2D eigenvalue weighted by molar-refractivity contribution is 5.74. The van der Waals surface area contributed by atoms with Crippen molar-refractivity contribution >= 4 is 11.1 Å². The molecule has 0 aliphatic carbocycles. The number of benzene rings is 1. The fourth-order valence-corrected chi connectivity index (χ4v) is 1.69. The van der Waals surface area contributed by atoms with Gasteiger partial charge in [-0.3, -0.25) is 4.57 Å². The number of oxazole rings is 1. The molecule has 0 unspecified atom stereocenters. The van der Waals surface area contributed by atoms with E-state index in [9.17, 15) is 13.6 Å². The van der Waals surface area contributed by atoms with E-state index in [0.717, 1.165) is 0 Å². The Kier molecular flexibility index (Phi) is 2.59. The number of fused-ring (bicyclic) bond motifs is 1. The first kappa shape index (κ1) is 12.8. The number of nitrogens with zero attached hydrogens (tertiary/aromatic N) is 1. The number of aromatic nitrogens is 1. The lowest BCUT2D eigenvalue weighted by atomic mass is 9.91. The number of rotatable bonds is 2. The molecule has 0 atom stereocenters. The van der Waals surface area contributed by atoms with Crippen molar-refractivity contribution in [1.29, 1.82) is 0 Å². The minimum absolute atomic E-state index is 0.237. The molecule has 0 amide bonds. The Morgan fingerprint density at radius 1 is 1.33 bits per heavy atom. The first-order valence-corrected chi connectivity index (χ1v) is 5.41. The van der Waals surface area contributed by atoms with Crippen molar-refractivity contribution in [3.8, 4) is 0 Å². The molecule has 0 bridgehead atoms. The second kappa shape index (κ2) is 3.65. The average Bonchev–Trinajstić information content (AvgIpc) is 2.53. The van der Waals surface area contributed by atoms with Gasteiger partial charge >= 0.3 is 5.76 Å². The van der Waals surface area contributed by atoms with Crippen molar-refractivity contribution in [3.63, 3.8) is 0 Å². The van der Waals surface area contributed by atoms with Crippen molar-refractivity contribution in [2.45, 2.75) is 25.3 Å². The van der Waals surface area contributed by atoms with Gasteiger partial charge in [0.1, 0.15) is 0 Å². The zero-order valence-corrected chi connectivity index (χ0v) is 10.3. The number of aryl methyl sites for hydroxylation is 1. The monoisotopic (exact) mass is 256 g/mol. The summed E-state index contributed by atoms with van der Waals surface area (Å²) in [7, 11) is 1.46. The highest BCUT2D eigenvalue weighted by atomic mass is 19.3. The maximum atomic E-state index is 14.1. The van der Waals surface area contributed by atoms with Gasteiger partial charge in [0.2, 0.25) is 0 Å². The summed E-state index contributed by atoms with van der Waals surface area (Å²) in [6, 6.07) is 3.81. The van der Waals surface area contributed by atoms with Gasteiger partial charge in [-0.05, 0) is 32.0 Å². The summed E-state index contributed by atoms with van der Waals surface area (Å²) < 4.78 is 34.2. The van der Waals surface area contributed by atoms with Gasteiger partial charge in [-0.25, -0.2) is 4.79 Å². The highest BCUT2D eigenvalue weighted by Gasteiger charge is 2.45. The minimum Gasteiger partial charge on any atom is -0.408 e. The Morgan fingerprint density at radius 2 is 1.94 bits per heavy atom. The molecule has 6 heteroatoms. The lowest BCUT2D eigenvalue weighted by molar-refractivity contribution is -0.0671. The van der Waals surface area contributed by atoms with E-state index >= 15 is 0 Å². The van der Waals surface area contributed by atoms with Crippen molar-refractivity contribution < 1.29 is 13.2 Å². The van der Waals surface area contributed by atoms with E-state index in [0.29, 0.717) is 5.52 Å². The summed E-state index contributed by atoms with van der Waals surface area (Å²) in [6.07, 6.45) is 0. The van der Waals surface area contributed by atoms with Crippen LogP contribution in [-0.4, -0.2) is 10.1 Å². The van der Waals surface area contributed by atoms with Gasteiger partial charge in [0.25, 0.3) is 5.92 Å². The predicted molar refractivity (Wildman–Crippen MR) is 63.6 cm³/mol. The molecule has 0 spiro atoms. The molecule has 0 fully saturated rings. The van der Waals surface area contributed by atoms with E-state index in [2.05, 4.69) is 0 Å². The van der Waals surface area contributed by atoms with Crippen molar-refractivity contribution in [2.24, 2.45) is 12.8 Å². The maximum Gasteiger partial charge on any atom is 0.419 e. The third kappa shape index (κ3) is 1.73. The quantitative estimate of drug-likeness (QED) is 0.893. The molecule has 1 heterocycles. The number of nitrogens with two attached hydrogens (primary N) is 1. The summed E-state index contributed by atoms with van der Waals surface area (Å²) in [5.41, 5.74) is 4.16. The first-order chi connectivity index (χ1) is 8.14. The summed E-state index contributed by atoms with van der Waals surface area (Å²) in [5.74, 6) is -3.79. The van der Waals surface area contributed by atoms with E-state index in [4.69, 9.17) is 10.2 Å². The molecule has 18 heavy (non-hydrogen) atoms. The largest absolute Gasteiger partial charge is 0.419 e. The van der Waals surface area contributed by atoms with Crippen LogP contribution in [0.1, 0.15) is 19.4 Å². The van der Waals surface area contributed by atoms with E-state index < -0.39 is 17.2 Å². The third-order valence-electron chi connectivity index (χ3n) is 2.96. The summed E-state index contributed by atoms with van der Waals surface area (Å²) >= 11 is 0. The molecule has 2 N–H and O–H groups in total. The SMILES string of the molecule is Cn1c(=O)oc2ccc(C(F)(F)C(C)(C)N)cc21. The molecule has 1 aromatic heterocycles. The number of hydrogen-bond acceptors (Lipinski definition) is 3. The summed E-state index contributed by atoms with van der Waals surface area (Å²) in [5, 5.41) is 0. The van der Waals surface area contributed by atoms with E-state index in [1.807, 2.05) is 0 Å². The van der Waals surface area contributed by atoms with Crippen LogP contribution in [0.2, 0.25) is 0 Å². The van der Waals surface area contributed by atoms with Crippen LogP contribution in [0.15, 0.2) is 27.4 Å². The third-order valence-corrected chi connectivity index (χ3v) is 2.96. The molecule has 1 aromatic carbocycles. The van der Waals surface area contributed by atoms with Crippen LogP contribution in [0.4, 0.5) is 8.78 Å². The zero-order valence-electron chi connectivity index (χ0n) is 10.3. The van der Waals surface area contributed by atoms with E-state index in [1.54, 1.807) is 0 Å². The lowest BCUT2D eigenvalue weighted by Crippen LogP contribution is -2.48. The second-order valence-corrected chi connectivity index (χ2v) is 4.91. The van der Waals surface area contributed by atoms with Gasteiger partial charge in [-0.2, -0.15) is 8.78 Å². The van der Waals surface area contributed by atoms with Crippen LogP contribution in [-0.2, 0) is 13.0 Å². The van der Waals surface area contributed by atoms with Crippen LogP contribution >= 0.6 is 0 Å². The Hall–Kier alpha value is -1.69.